The maximum atomic E-state index is 12.4. The van der Waals surface area contributed by atoms with Gasteiger partial charge < -0.3 is 21.1 Å². The maximum absolute atomic E-state index is 12.4. The number of aromatic nitrogens is 3. The van der Waals surface area contributed by atoms with Crippen molar-refractivity contribution in [2.45, 2.75) is 19.8 Å². The molecule has 4 rings (SSSR count). The summed E-state index contributed by atoms with van der Waals surface area (Å²) in [5.41, 5.74) is 9.97. The van der Waals surface area contributed by atoms with Crippen LogP contribution in [0, 0.1) is 12.8 Å². The van der Waals surface area contributed by atoms with E-state index in [1.807, 2.05) is 43.3 Å². The van der Waals surface area contributed by atoms with Crippen molar-refractivity contribution in [2.75, 3.05) is 29.6 Å². The van der Waals surface area contributed by atoms with E-state index in [4.69, 9.17) is 22.1 Å². The molecule has 2 heterocycles. The monoisotopic (exact) mass is 426 g/mol. The minimum atomic E-state index is 0.00881. The first-order valence-electron chi connectivity index (χ1n) is 9.73. The van der Waals surface area contributed by atoms with Crippen LogP contribution in [0.15, 0.2) is 36.4 Å². The van der Waals surface area contributed by atoms with E-state index in [9.17, 15) is 4.79 Å². The molecule has 156 valence electrons. The Morgan fingerprint density at radius 2 is 1.93 bits per heavy atom. The van der Waals surface area contributed by atoms with Crippen LogP contribution in [0.1, 0.15) is 18.4 Å². The van der Waals surface area contributed by atoms with Crippen LogP contribution in [-0.2, 0) is 9.53 Å². The molecule has 30 heavy (non-hydrogen) atoms. The van der Waals surface area contributed by atoms with E-state index in [2.05, 4.69) is 25.8 Å². The van der Waals surface area contributed by atoms with Crippen LogP contribution in [0.5, 0.6) is 0 Å². The third-order valence-electron chi connectivity index (χ3n) is 5.08. The van der Waals surface area contributed by atoms with Gasteiger partial charge in [-0.15, -0.1) is 5.10 Å². The lowest BCUT2D eigenvalue weighted by atomic mass is 9.98. The van der Waals surface area contributed by atoms with Gasteiger partial charge in [0.05, 0.1) is 5.02 Å². The van der Waals surface area contributed by atoms with Crippen molar-refractivity contribution in [2.24, 2.45) is 5.92 Å². The van der Waals surface area contributed by atoms with E-state index >= 15 is 0 Å². The zero-order valence-corrected chi connectivity index (χ0v) is 17.3. The Hall–Kier alpha value is -3.10. The maximum Gasteiger partial charge on any atom is 0.248 e. The van der Waals surface area contributed by atoms with Crippen molar-refractivity contribution < 1.29 is 9.53 Å². The van der Waals surface area contributed by atoms with Gasteiger partial charge in [-0.05, 0) is 55.2 Å². The molecule has 0 atom stereocenters. The molecular weight excluding hydrogens is 404 g/mol. The summed E-state index contributed by atoms with van der Waals surface area (Å²) in [7, 11) is 0. The summed E-state index contributed by atoms with van der Waals surface area (Å²) in [6.07, 6.45) is 1.53. The number of hydrogen-bond acceptors (Lipinski definition) is 6. The Morgan fingerprint density at radius 1 is 1.20 bits per heavy atom. The molecule has 8 nitrogen and oxygen atoms in total. The predicted octanol–water partition coefficient (Wildman–Crippen LogP) is 4.12. The number of nitrogen functional groups attached to an aromatic ring is 1. The first kappa shape index (κ1) is 20.2. The molecule has 0 spiro atoms. The number of benzene rings is 2. The van der Waals surface area contributed by atoms with Gasteiger partial charge in [-0.2, -0.15) is 4.98 Å². The van der Waals surface area contributed by atoms with Gasteiger partial charge in [0.15, 0.2) is 0 Å². The van der Waals surface area contributed by atoms with Gasteiger partial charge in [0, 0.05) is 36.1 Å². The van der Waals surface area contributed by atoms with Crippen molar-refractivity contribution >= 4 is 40.8 Å². The SMILES string of the molecule is Cc1cc(Nc2n[nH]c(N)n2)cc(Cl)c1-c1ccc(NC(=O)C2CCOCC2)cc1. The Balaban J connectivity index is 1.48. The molecule has 1 aliphatic heterocycles. The van der Waals surface area contributed by atoms with E-state index in [1.54, 1.807) is 0 Å². The minimum absolute atomic E-state index is 0.00881. The van der Waals surface area contributed by atoms with E-state index in [-0.39, 0.29) is 17.8 Å². The van der Waals surface area contributed by atoms with Gasteiger partial charge in [-0.1, -0.05) is 23.7 Å². The average molecular weight is 427 g/mol. The van der Waals surface area contributed by atoms with Gasteiger partial charge in [-0.3, -0.25) is 4.79 Å². The minimum Gasteiger partial charge on any atom is -0.381 e. The smallest absolute Gasteiger partial charge is 0.248 e. The summed E-state index contributed by atoms with van der Waals surface area (Å²) >= 11 is 6.57. The molecule has 2 aromatic carbocycles. The van der Waals surface area contributed by atoms with Gasteiger partial charge >= 0.3 is 0 Å². The Labute approximate surface area is 179 Å². The summed E-state index contributed by atoms with van der Waals surface area (Å²) in [5, 5.41) is 13.2. The molecule has 5 N–H and O–H groups in total. The number of nitrogens with zero attached hydrogens (tertiary/aromatic N) is 2. The second kappa shape index (κ2) is 8.73. The zero-order valence-electron chi connectivity index (χ0n) is 16.5. The molecule has 1 aromatic heterocycles. The zero-order chi connectivity index (χ0) is 21.1. The van der Waals surface area contributed by atoms with Gasteiger partial charge in [0.2, 0.25) is 17.8 Å². The number of hydrogen-bond donors (Lipinski definition) is 4. The fraction of sp³-hybridized carbons (Fsp3) is 0.286. The highest BCUT2D eigenvalue weighted by molar-refractivity contribution is 6.33. The van der Waals surface area contributed by atoms with Gasteiger partial charge in [-0.25, -0.2) is 5.10 Å². The van der Waals surface area contributed by atoms with Crippen molar-refractivity contribution in [1.82, 2.24) is 15.2 Å². The molecule has 1 fully saturated rings. The fourth-order valence-electron chi connectivity index (χ4n) is 3.57. The standard InChI is InChI=1S/C21H23ClN6O2/c1-12-10-16(25-21-26-20(23)27-28-21)11-17(22)18(12)13-2-4-15(5-3-13)24-19(29)14-6-8-30-9-7-14/h2-5,10-11,14H,6-9H2,1H3,(H,24,29)(H4,23,25,26,27,28). The molecule has 0 bridgehead atoms. The summed E-state index contributed by atoms with van der Waals surface area (Å²) in [5.74, 6) is 0.666. The van der Waals surface area contributed by atoms with E-state index in [0.717, 1.165) is 40.9 Å². The molecule has 9 heteroatoms. The molecule has 0 saturated carbocycles. The van der Waals surface area contributed by atoms with Crippen LogP contribution in [0.3, 0.4) is 0 Å². The Kier molecular flexibility index (Phi) is 5.87. The second-order valence-corrected chi connectivity index (χ2v) is 7.68. The highest BCUT2D eigenvalue weighted by atomic mass is 35.5. The molecule has 0 unspecified atom stereocenters. The molecule has 3 aromatic rings. The summed E-state index contributed by atoms with van der Waals surface area (Å²) < 4.78 is 5.32. The lowest BCUT2D eigenvalue weighted by molar-refractivity contribution is -0.122. The average Bonchev–Trinajstić information content (AvgIpc) is 3.14. The lowest BCUT2D eigenvalue weighted by Crippen LogP contribution is -2.28. The van der Waals surface area contributed by atoms with Crippen LogP contribution in [-0.4, -0.2) is 34.3 Å². The quantitative estimate of drug-likeness (QED) is 0.487. The Bertz CT molecular complexity index is 1020. The summed E-state index contributed by atoms with van der Waals surface area (Å²) in [6, 6.07) is 11.5. The van der Waals surface area contributed by atoms with E-state index in [0.29, 0.717) is 24.2 Å². The number of amides is 1. The highest BCUT2D eigenvalue weighted by Crippen LogP contribution is 2.35. The molecule has 1 aliphatic rings. The molecule has 0 aliphatic carbocycles. The van der Waals surface area contributed by atoms with Crippen LogP contribution in [0.2, 0.25) is 5.02 Å². The van der Waals surface area contributed by atoms with Gasteiger partial charge in [0.25, 0.3) is 0 Å². The number of H-pyrrole nitrogens is 1. The van der Waals surface area contributed by atoms with Crippen molar-refractivity contribution in [3.63, 3.8) is 0 Å². The van der Waals surface area contributed by atoms with Crippen LogP contribution >= 0.6 is 11.6 Å². The first-order chi connectivity index (χ1) is 14.5. The van der Waals surface area contributed by atoms with Crippen LogP contribution in [0.4, 0.5) is 23.3 Å². The molecular formula is C21H23ClN6O2. The van der Waals surface area contributed by atoms with Crippen LogP contribution in [0.25, 0.3) is 11.1 Å². The summed E-state index contributed by atoms with van der Waals surface area (Å²) in [4.78, 5) is 16.4. The number of carbonyl (C=O) groups is 1. The van der Waals surface area contributed by atoms with Crippen molar-refractivity contribution in [1.29, 1.82) is 0 Å². The number of halogens is 1. The normalized spacial score (nSPS) is 14.5. The second-order valence-electron chi connectivity index (χ2n) is 7.27. The fourth-order valence-corrected chi connectivity index (χ4v) is 3.94. The number of nitrogens with two attached hydrogens (primary N) is 1. The number of aryl methyl sites for hydroxylation is 1. The van der Waals surface area contributed by atoms with Gasteiger partial charge in [0.1, 0.15) is 0 Å². The number of nitrogens with one attached hydrogen (secondary N) is 3. The highest BCUT2D eigenvalue weighted by Gasteiger charge is 2.21. The summed E-state index contributed by atoms with van der Waals surface area (Å²) in [6.45, 7) is 3.27. The number of carbonyl (C=O) groups excluding carboxylic acids is 1. The molecule has 0 radical (unpaired) electrons. The van der Waals surface area contributed by atoms with E-state index in [1.165, 1.54) is 0 Å². The number of anilines is 4. The molecule has 1 saturated heterocycles. The lowest BCUT2D eigenvalue weighted by Gasteiger charge is -2.21. The molecule has 1 amide bonds. The van der Waals surface area contributed by atoms with Crippen molar-refractivity contribution in [3.8, 4) is 11.1 Å². The van der Waals surface area contributed by atoms with E-state index < -0.39 is 0 Å². The third kappa shape index (κ3) is 4.55. The van der Waals surface area contributed by atoms with Crippen LogP contribution < -0.4 is 16.4 Å². The topological polar surface area (TPSA) is 118 Å². The van der Waals surface area contributed by atoms with Crippen molar-refractivity contribution in [3.05, 3.63) is 47.0 Å². The number of rotatable bonds is 5. The first-order valence-corrected chi connectivity index (χ1v) is 10.1. The Morgan fingerprint density at radius 3 is 2.57 bits per heavy atom. The predicted molar refractivity (Wildman–Crippen MR) is 118 cm³/mol. The largest absolute Gasteiger partial charge is 0.381 e. The number of aromatic amines is 1. The third-order valence-corrected chi connectivity index (χ3v) is 5.38. The number of ether oxygens (including phenoxy) is 1.